The number of carboxylic acid groups (broad SMARTS) is 1. The summed E-state index contributed by atoms with van der Waals surface area (Å²) in [6, 6.07) is 5.55. The SMILES string of the molecule is C=C(C)CCSc1ccc(C)c(C(=O)O)c1. The number of hydrogen-bond acceptors (Lipinski definition) is 2. The molecule has 0 saturated carbocycles. The van der Waals surface area contributed by atoms with Crippen LogP contribution in [-0.4, -0.2) is 16.8 Å². The number of allylic oxidation sites excluding steroid dienone is 1. The Bertz CT molecular complexity index is 410. The van der Waals surface area contributed by atoms with E-state index in [-0.39, 0.29) is 0 Å². The largest absolute Gasteiger partial charge is 0.478 e. The lowest BCUT2D eigenvalue weighted by atomic mass is 10.1. The Labute approximate surface area is 100 Å². The van der Waals surface area contributed by atoms with E-state index in [1.807, 2.05) is 26.0 Å². The summed E-state index contributed by atoms with van der Waals surface area (Å²) < 4.78 is 0. The predicted molar refractivity (Wildman–Crippen MR) is 68.3 cm³/mol. The molecule has 1 N–H and O–H groups in total. The molecular weight excluding hydrogens is 220 g/mol. The highest BCUT2D eigenvalue weighted by atomic mass is 32.2. The smallest absolute Gasteiger partial charge is 0.335 e. The van der Waals surface area contributed by atoms with E-state index in [1.54, 1.807) is 17.8 Å². The fourth-order valence-electron chi connectivity index (χ4n) is 1.26. The first-order valence-corrected chi connectivity index (χ1v) is 6.10. The Kier molecular flexibility index (Phi) is 4.62. The molecule has 86 valence electrons. The molecule has 3 heteroatoms. The molecule has 0 heterocycles. The van der Waals surface area contributed by atoms with Crippen LogP contribution in [0.25, 0.3) is 0 Å². The van der Waals surface area contributed by atoms with E-state index in [0.29, 0.717) is 5.56 Å². The zero-order chi connectivity index (χ0) is 12.1. The first-order chi connectivity index (χ1) is 7.50. The molecule has 1 aromatic carbocycles. The summed E-state index contributed by atoms with van der Waals surface area (Å²) in [6.45, 7) is 7.65. The molecule has 0 atom stereocenters. The molecule has 0 fully saturated rings. The molecule has 0 radical (unpaired) electrons. The Morgan fingerprint density at radius 2 is 2.19 bits per heavy atom. The lowest BCUT2D eigenvalue weighted by Crippen LogP contribution is -1.99. The molecule has 0 bridgehead atoms. The third-order valence-electron chi connectivity index (χ3n) is 2.24. The highest BCUT2D eigenvalue weighted by Crippen LogP contribution is 2.23. The lowest BCUT2D eigenvalue weighted by molar-refractivity contribution is 0.0696. The first kappa shape index (κ1) is 12.8. The van der Waals surface area contributed by atoms with Crippen molar-refractivity contribution < 1.29 is 9.90 Å². The normalized spacial score (nSPS) is 10.1. The highest BCUT2D eigenvalue weighted by Gasteiger charge is 2.07. The molecular formula is C13H16O2S. The minimum atomic E-state index is -0.861. The van der Waals surface area contributed by atoms with E-state index >= 15 is 0 Å². The maximum Gasteiger partial charge on any atom is 0.335 e. The van der Waals surface area contributed by atoms with Gasteiger partial charge in [0.2, 0.25) is 0 Å². The van der Waals surface area contributed by atoms with Crippen LogP contribution in [0.5, 0.6) is 0 Å². The Hall–Kier alpha value is -1.22. The third-order valence-corrected chi connectivity index (χ3v) is 3.23. The standard InChI is InChI=1S/C13H16O2S/c1-9(2)6-7-16-11-5-4-10(3)12(8-11)13(14)15/h4-5,8H,1,6-7H2,2-3H3,(H,14,15). The average molecular weight is 236 g/mol. The van der Waals surface area contributed by atoms with Gasteiger partial charge in [-0.15, -0.1) is 18.3 Å². The molecule has 0 spiro atoms. The van der Waals surface area contributed by atoms with Crippen molar-refractivity contribution in [2.24, 2.45) is 0 Å². The minimum Gasteiger partial charge on any atom is -0.478 e. The van der Waals surface area contributed by atoms with Gasteiger partial charge in [0.15, 0.2) is 0 Å². The van der Waals surface area contributed by atoms with Crippen LogP contribution in [0, 0.1) is 6.92 Å². The summed E-state index contributed by atoms with van der Waals surface area (Å²) in [5.74, 6) is 0.0807. The summed E-state index contributed by atoms with van der Waals surface area (Å²) in [4.78, 5) is 11.9. The van der Waals surface area contributed by atoms with E-state index in [1.165, 1.54) is 0 Å². The maximum absolute atomic E-state index is 10.9. The van der Waals surface area contributed by atoms with Crippen LogP contribution >= 0.6 is 11.8 Å². The number of carboxylic acids is 1. The van der Waals surface area contributed by atoms with Crippen molar-refractivity contribution in [2.45, 2.75) is 25.2 Å². The highest BCUT2D eigenvalue weighted by molar-refractivity contribution is 7.99. The Morgan fingerprint density at radius 3 is 2.75 bits per heavy atom. The van der Waals surface area contributed by atoms with Gasteiger partial charge in [-0.2, -0.15) is 0 Å². The van der Waals surface area contributed by atoms with Crippen molar-refractivity contribution >= 4 is 17.7 Å². The lowest BCUT2D eigenvalue weighted by Gasteiger charge is -2.05. The molecule has 16 heavy (non-hydrogen) atoms. The van der Waals surface area contributed by atoms with E-state index in [2.05, 4.69) is 6.58 Å². The van der Waals surface area contributed by atoms with Gasteiger partial charge in [-0.3, -0.25) is 0 Å². The zero-order valence-electron chi connectivity index (χ0n) is 9.62. The van der Waals surface area contributed by atoms with Crippen molar-refractivity contribution in [3.8, 4) is 0 Å². The van der Waals surface area contributed by atoms with Crippen LogP contribution in [0.15, 0.2) is 35.2 Å². The van der Waals surface area contributed by atoms with Gasteiger partial charge < -0.3 is 5.11 Å². The third kappa shape index (κ3) is 3.74. The second-order valence-electron chi connectivity index (χ2n) is 3.84. The van der Waals surface area contributed by atoms with Crippen molar-refractivity contribution in [1.29, 1.82) is 0 Å². The van der Waals surface area contributed by atoms with Gasteiger partial charge in [0.1, 0.15) is 0 Å². The summed E-state index contributed by atoms with van der Waals surface area (Å²) in [6.07, 6.45) is 0.959. The predicted octanol–water partition coefficient (Wildman–Crippen LogP) is 3.75. The summed E-state index contributed by atoms with van der Waals surface area (Å²) in [5, 5.41) is 8.98. The maximum atomic E-state index is 10.9. The van der Waals surface area contributed by atoms with Gasteiger partial charge in [0.25, 0.3) is 0 Å². The quantitative estimate of drug-likeness (QED) is 0.625. The van der Waals surface area contributed by atoms with Gasteiger partial charge in [0.05, 0.1) is 5.56 Å². The number of carbonyl (C=O) groups is 1. The zero-order valence-corrected chi connectivity index (χ0v) is 10.4. The molecule has 0 aliphatic rings. The van der Waals surface area contributed by atoms with Crippen molar-refractivity contribution in [3.05, 3.63) is 41.5 Å². The summed E-state index contributed by atoms with van der Waals surface area (Å²) >= 11 is 1.66. The van der Waals surface area contributed by atoms with Gasteiger partial charge >= 0.3 is 5.97 Å². The number of hydrogen-bond donors (Lipinski definition) is 1. The molecule has 2 nitrogen and oxygen atoms in total. The summed E-state index contributed by atoms with van der Waals surface area (Å²) in [5.41, 5.74) is 2.34. The minimum absolute atomic E-state index is 0.389. The van der Waals surface area contributed by atoms with Gasteiger partial charge in [-0.05, 0) is 38.0 Å². The molecule has 0 amide bonds. The molecule has 1 aromatic rings. The van der Waals surface area contributed by atoms with Crippen LogP contribution in [0.2, 0.25) is 0 Å². The molecule has 0 unspecified atom stereocenters. The Balaban J connectivity index is 2.71. The topological polar surface area (TPSA) is 37.3 Å². The number of aromatic carboxylic acids is 1. The van der Waals surface area contributed by atoms with E-state index in [0.717, 1.165) is 28.2 Å². The van der Waals surface area contributed by atoms with Crippen molar-refractivity contribution in [1.82, 2.24) is 0 Å². The number of thioether (sulfide) groups is 1. The fourth-order valence-corrected chi connectivity index (χ4v) is 2.32. The van der Waals surface area contributed by atoms with Gasteiger partial charge in [0, 0.05) is 10.6 Å². The average Bonchev–Trinajstić information content (AvgIpc) is 2.19. The molecule has 0 saturated heterocycles. The van der Waals surface area contributed by atoms with Crippen LogP contribution in [0.3, 0.4) is 0 Å². The van der Waals surface area contributed by atoms with Crippen molar-refractivity contribution in [2.75, 3.05) is 5.75 Å². The molecule has 1 rings (SSSR count). The number of benzene rings is 1. The van der Waals surface area contributed by atoms with Crippen LogP contribution in [0.4, 0.5) is 0 Å². The second kappa shape index (κ2) is 5.75. The second-order valence-corrected chi connectivity index (χ2v) is 5.01. The van der Waals surface area contributed by atoms with E-state index in [4.69, 9.17) is 5.11 Å². The van der Waals surface area contributed by atoms with E-state index < -0.39 is 5.97 Å². The number of aryl methyl sites for hydroxylation is 1. The molecule has 0 aliphatic carbocycles. The van der Waals surface area contributed by atoms with Crippen LogP contribution in [0.1, 0.15) is 29.3 Å². The van der Waals surface area contributed by atoms with Gasteiger partial charge in [-0.1, -0.05) is 11.6 Å². The monoisotopic (exact) mass is 236 g/mol. The molecule has 0 aromatic heterocycles. The summed E-state index contributed by atoms with van der Waals surface area (Å²) in [7, 11) is 0. The first-order valence-electron chi connectivity index (χ1n) is 5.12. The van der Waals surface area contributed by atoms with Crippen LogP contribution < -0.4 is 0 Å². The van der Waals surface area contributed by atoms with Crippen molar-refractivity contribution in [3.63, 3.8) is 0 Å². The number of rotatable bonds is 5. The fraction of sp³-hybridized carbons (Fsp3) is 0.308. The van der Waals surface area contributed by atoms with E-state index in [9.17, 15) is 4.79 Å². The molecule has 0 aliphatic heterocycles. The van der Waals surface area contributed by atoms with Gasteiger partial charge in [-0.25, -0.2) is 4.79 Å². The Morgan fingerprint density at radius 1 is 1.50 bits per heavy atom. The van der Waals surface area contributed by atoms with Crippen LogP contribution in [-0.2, 0) is 0 Å².